The molecule has 0 atom stereocenters. The van der Waals surface area contributed by atoms with Gasteiger partial charge in [-0.25, -0.2) is 31.5 Å². The Morgan fingerprint density at radius 2 is 1.33 bits per heavy atom. The molecule has 0 saturated carbocycles. The van der Waals surface area contributed by atoms with Gasteiger partial charge in [-0.1, -0.05) is 29.8 Å². The Hall–Kier alpha value is -4.29. The van der Waals surface area contributed by atoms with E-state index >= 15 is 0 Å². The summed E-state index contributed by atoms with van der Waals surface area (Å²) in [7, 11) is -6.51. The molecule has 0 unspecified atom stereocenters. The molecule has 4 rings (SSSR count). The largest absolute Gasteiger partial charge is 0.322 e. The van der Waals surface area contributed by atoms with E-state index in [1.807, 2.05) is 6.92 Å². The van der Waals surface area contributed by atoms with Crippen molar-refractivity contribution in [3.8, 4) is 0 Å². The number of sulfonamides is 2. The second kappa shape index (κ2) is 10.8. The first-order chi connectivity index (χ1) is 18.4. The Bertz CT molecular complexity index is 1720. The van der Waals surface area contributed by atoms with Crippen LogP contribution in [0.25, 0.3) is 0 Å². The van der Waals surface area contributed by atoms with Gasteiger partial charge in [0.25, 0.3) is 26.0 Å². The van der Waals surface area contributed by atoms with Crippen molar-refractivity contribution in [1.82, 2.24) is 9.97 Å². The zero-order valence-electron chi connectivity index (χ0n) is 21.7. The lowest BCUT2D eigenvalue weighted by atomic mass is 10.1. The van der Waals surface area contributed by atoms with E-state index in [1.165, 1.54) is 55.6 Å². The summed E-state index contributed by atoms with van der Waals surface area (Å²) in [6.45, 7) is 5.33. The molecule has 3 aromatic carbocycles. The predicted octanol–water partition coefficient (Wildman–Crippen LogP) is 4.28. The number of carbonyl (C=O) groups excluding carboxylic acids is 1. The highest BCUT2D eigenvalue weighted by Gasteiger charge is 2.25. The van der Waals surface area contributed by atoms with Gasteiger partial charge in [-0.15, -0.1) is 0 Å². The second-order valence-electron chi connectivity index (χ2n) is 8.86. The van der Waals surface area contributed by atoms with Crippen LogP contribution in [0.2, 0.25) is 0 Å². The number of hydrogen-bond donors (Lipinski definition) is 2. The highest BCUT2D eigenvalue weighted by atomic mass is 32.2. The SMILES string of the molecule is Cc1ccc(S(=O)(=O)N(C)c2ccccc2C(=O)Nc2ccc(S(=O)(=O)Nc3nc(C)cc(C)n3)cc2)cc1. The summed E-state index contributed by atoms with van der Waals surface area (Å²) in [6, 6.07) is 20.0. The van der Waals surface area contributed by atoms with Crippen LogP contribution in [0.4, 0.5) is 17.3 Å². The molecule has 12 heteroatoms. The Morgan fingerprint density at radius 1 is 0.769 bits per heavy atom. The van der Waals surface area contributed by atoms with Crippen LogP contribution >= 0.6 is 0 Å². The molecule has 0 aliphatic rings. The molecule has 0 fully saturated rings. The summed E-state index contributed by atoms with van der Waals surface area (Å²) in [4.78, 5) is 21.4. The molecule has 39 heavy (non-hydrogen) atoms. The molecular formula is C27H27N5O5S2. The van der Waals surface area contributed by atoms with E-state index in [0.717, 1.165) is 9.87 Å². The van der Waals surface area contributed by atoms with Gasteiger partial charge in [0.1, 0.15) is 0 Å². The van der Waals surface area contributed by atoms with Gasteiger partial charge >= 0.3 is 0 Å². The second-order valence-corrected chi connectivity index (χ2v) is 12.5. The third kappa shape index (κ3) is 6.24. The highest BCUT2D eigenvalue weighted by molar-refractivity contribution is 7.93. The summed E-state index contributed by atoms with van der Waals surface area (Å²) < 4.78 is 55.4. The zero-order valence-corrected chi connectivity index (χ0v) is 23.3. The number of anilines is 3. The van der Waals surface area contributed by atoms with Crippen molar-refractivity contribution in [2.75, 3.05) is 21.4 Å². The molecule has 4 aromatic rings. The summed E-state index contributed by atoms with van der Waals surface area (Å²) in [5, 5.41) is 2.70. The number of para-hydroxylation sites is 1. The van der Waals surface area contributed by atoms with Gasteiger partial charge in [-0.3, -0.25) is 9.10 Å². The first kappa shape index (κ1) is 27.7. The molecule has 0 radical (unpaired) electrons. The molecule has 10 nitrogen and oxygen atoms in total. The van der Waals surface area contributed by atoms with E-state index in [2.05, 4.69) is 20.0 Å². The summed E-state index contributed by atoms with van der Waals surface area (Å²) >= 11 is 0. The topological polar surface area (TPSA) is 138 Å². The van der Waals surface area contributed by atoms with Crippen LogP contribution in [0, 0.1) is 20.8 Å². The summed E-state index contributed by atoms with van der Waals surface area (Å²) in [5.41, 5.74) is 2.80. The number of aromatic nitrogens is 2. The van der Waals surface area contributed by atoms with Crippen molar-refractivity contribution < 1.29 is 21.6 Å². The van der Waals surface area contributed by atoms with Gasteiger partial charge in [0, 0.05) is 24.1 Å². The van der Waals surface area contributed by atoms with Gasteiger partial charge in [-0.2, -0.15) is 0 Å². The van der Waals surface area contributed by atoms with Gasteiger partial charge in [-0.05, 0) is 75.4 Å². The van der Waals surface area contributed by atoms with E-state index in [4.69, 9.17) is 0 Å². The number of nitrogens with one attached hydrogen (secondary N) is 2. The maximum atomic E-state index is 13.2. The lowest BCUT2D eigenvalue weighted by molar-refractivity contribution is 0.102. The molecule has 1 heterocycles. The van der Waals surface area contributed by atoms with Crippen LogP contribution in [-0.4, -0.2) is 39.8 Å². The van der Waals surface area contributed by atoms with Gasteiger partial charge in [0.05, 0.1) is 21.0 Å². The Kier molecular flexibility index (Phi) is 7.70. The Morgan fingerprint density at radius 3 is 1.95 bits per heavy atom. The molecule has 0 saturated heterocycles. The van der Waals surface area contributed by atoms with Crippen molar-refractivity contribution >= 4 is 43.3 Å². The molecule has 0 aliphatic heterocycles. The first-order valence-corrected chi connectivity index (χ1v) is 14.7. The van der Waals surface area contributed by atoms with Gasteiger partial charge in [0.2, 0.25) is 5.95 Å². The fraction of sp³-hybridized carbons (Fsp3) is 0.148. The third-order valence-corrected chi connectivity index (χ3v) is 8.93. The molecule has 0 bridgehead atoms. The van der Waals surface area contributed by atoms with Crippen LogP contribution in [0.15, 0.2) is 88.7 Å². The van der Waals surface area contributed by atoms with Crippen molar-refractivity contribution in [2.24, 2.45) is 0 Å². The molecular weight excluding hydrogens is 538 g/mol. The molecule has 1 amide bonds. The number of amides is 1. The van der Waals surface area contributed by atoms with E-state index in [1.54, 1.807) is 44.2 Å². The van der Waals surface area contributed by atoms with Gasteiger partial charge in [0.15, 0.2) is 0 Å². The fourth-order valence-corrected chi connectivity index (χ4v) is 5.96. The standard InChI is InChI=1S/C27H27N5O5S2/c1-18-9-13-23(14-10-18)39(36,37)32(4)25-8-6-5-7-24(25)26(33)30-21-11-15-22(16-12-21)38(34,35)31-27-28-19(2)17-20(3)29-27/h5-17H,1-4H3,(H,30,33)(H,28,29,31). The highest BCUT2D eigenvalue weighted by Crippen LogP contribution is 2.27. The lowest BCUT2D eigenvalue weighted by Crippen LogP contribution is -2.29. The minimum atomic E-state index is -3.97. The van der Waals surface area contributed by atoms with Crippen molar-refractivity contribution in [3.63, 3.8) is 0 Å². The normalized spacial score (nSPS) is 11.6. The molecule has 202 valence electrons. The van der Waals surface area contributed by atoms with E-state index in [0.29, 0.717) is 17.1 Å². The average molecular weight is 566 g/mol. The minimum Gasteiger partial charge on any atom is -0.322 e. The fourth-order valence-electron chi connectivity index (χ4n) is 3.80. The monoisotopic (exact) mass is 565 g/mol. The zero-order chi connectivity index (χ0) is 28.4. The number of rotatable bonds is 8. The average Bonchev–Trinajstić information content (AvgIpc) is 2.88. The number of aryl methyl sites for hydroxylation is 3. The van der Waals surface area contributed by atoms with Gasteiger partial charge < -0.3 is 5.32 Å². The van der Waals surface area contributed by atoms with Crippen molar-refractivity contribution in [3.05, 3.63) is 101 Å². The summed E-state index contributed by atoms with van der Waals surface area (Å²) in [6.07, 6.45) is 0. The van der Waals surface area contributed by atoms with Crippen LogP contribution in [0.5, 0.6) is 0 Å². The molecule has 1 aromatic heterocycles. The van der Waals surface area contributed by atoms with Crippen LogP contribution in [0.1, 0.15) is 27.3 Å². The minimum absolute atomic E-state index is 0.0359. The smallest absolute Gasteiger partial charge is 0.264 e. The lowest BCUT2D eigenvalue weighted by Gasteiger charge is -2.22. The maximum absolute atomic E-state index is 13.2. The first-order valence-electron chi connectivity index (χ1n) is 11.8. The van der Waals surface area contributed by atoms with Crippen molar-refractivity contribution in [1.29, 1.82) is 0 Å². The Labute approximate surface area is 227 Å². The quantitative estimate of drug-likeness (QED) is 0.325. The number of nitrogens with zero attached hydrogens (tertiary/aromatic N) is 3. The van der Waals surface area contributed by atoms with Crippen LogP contribution in [-0.2, 0) is 20.0 Å². The predicted molar refractivity (Wildman–Crippen MR) is 150 cm³/mol. The number of benzene rings is 3. The molecule has 0 aliphatic carbocycles. The maximum Gasteiger partial charge on any atom is 0.264 e. The molecule has 0 spiro atoms. The Balaban J connectivity index is 1.53. The third-order valence-electron chi connectivity index (χ3n) is 5.80. The van der Waals surface area contributed by atoms with Crippen molar-refractivity contribution in [2.45, 2.75) is 30.6 Å². The van der Waals surface area contributed by atoms with E-state index in [-0.39, 0.29) is 27.0 Å². The van der Waals surface area contributed by atoms with Crippen LogP contribution in [0.3, 0.4) is 0 Å². The molecule has 2 N–H and O–H groups in total. The van der Waals surface area contributed by atoms with E-state index < -0.39 is 26.0 Å². The van der Waals surface area contributed by atoms with E-state index in [9.17, 15) is 21.6 Å². The number of hydrogen-bond acceptors (Lipinski definition) is 7. The number of carbonyl (C=O) groups is 1. The van der Waals surface area contributed by atoms with Crippen LogP contribution < -0.4 is 14.3 Å². The summed E-state index contributed by atoms with van der Waals surface area (Å²) in [5.74, 6) is -0.597.